The highest BCUT2D eigenvalue weighted by molar-refractivity contribution is 6.35. The van der Waals surface area contributed by atoms with Gasteiger partial charge in [-0.1, -0.05) is 23.2 Å². The number of nitrogens with one attached hydrogen (secondary N) is 2. The molecule has 1 fully saturated rings. The Morgan fingerprint density at radius 2 is 1.92 bits per heavy atom. The van der Waals surface area contributed by atoms with Crippen LogP contribution in [-0.2, 0) is 13.1 Å². The number of benzene rings is 1. The number of hydrogen-bond donors (Lipinski definition) is 2. The fourth-order valence-corrected chi connectivity index (χ4v) is 6.04. The molecule has 0 aliphatic carbocycles. The zero-order chi connectivity index (χ0) is 24.8. The summed E-state index contributed by atoms with van der Waals surface area (Å²) in [4.78, 5) is 17.4. The summed E-state index contributed by atoms with van der Waals surface area (Å²) in [5.41, 5.74) is 4.74. The number of likely N-dealkylation sites (tertiary alicyclic amines) is 1. The molecular formula is C26H29Cl2N7O. The standard InChI is InChI=1S/C26H29Cl2N7O/c1-15(24-19(27)10-29-11-20(24)28)36-17-3-4-21-18(9-17)25(33-32-21)26-30-22-13-35(14-23(22)31-26)12-16-5-7-34(2)8-6-16/h3-4,9-11,15-16H,5-8,12-14H2,1-2H3,(H,30,31)(H,32,33). The van der Waals surface area contributed by atoms with E-state index in [0.717, 1.165) is 53.7 Å². The van der Waals surface area contributed by atoms with E-state index in [0.29, 0.717) is 21.4 Å². The number of fused-ring (bicyclic) bond motifs is 2. The first-order valence-electron chi connectivity index (χ1n) is 12.4. The van der Waals surface area contributed by atoms with E-state index in [9.17, 15) is 0 Å². The zero-order valence-electron chi connectivity index (χ0n) is 20.4. The predicted molar refractivity (Wildman–Crippen MR) is 141 cm³/mol. The van der Waals surface area contributed by atoms with Gasteiger partial charge < -0.3 is 14.6 Å². The first-order chi connectivity index (χ1) is 17.4. The number of ether oxygens (including phenoxy) is 1. The van der Waals surface area contributed by atoms with Gasteiger partial charge in [0.15, 0.2) is 5.82 Å². The van der Waals surface area contributed by atoms with Crippen LogP contribution in [0.25, 0.3) is 22.4 Å². The number of nitrogens with zero attached hydrogens (tertiary/aromatic N) is 5. The van der Waals surface area contributed by atoms with Gasteiger partial charge in [-0.15, -0.1) is 0 Å². The molecule has 4 aromatic rings. The monoisotopic (exact) mass is 525 g/mol. The summed E-state index contributed by atoms with van der Waals surface area (Å²) in [6.45, 7) is 7.26. The maximum atomic E-state index is 6.32. The first-order valence-corrected chi connectivity index (χ1v) is 13.1. The van der Waals surface area contributed by atoms with Crippen LogP contribution in [0.15, 0.2) is 30.6 Å². The van der Waals surface area contributed by atoms with Gasteiger partial charge >= 0.3 is 0 Å². The SMILES string of the molecule is CC(Oc1ccc2[nH]nc(-c3nc4c([nH]3)CN(CC3CCN(C)CC3)C4)c2c1)c1c(Cl)cncc1Cl. The molecular weight excluding hydrogens is 497 g/mol. The Labute approximate surface area is 220 Å². The van der Waals surface area contributed by atoms with Crippen LogP contribution in [0.5, 0.6) is 5.75 Å². The maximum absolute atomic E-state index is 6.32. The fourth-order valence-electron chi connectivity index (χ4n) is 5.37. The molecule has 5 heterocycles. The number of pyridine rings is 1. The van der Waals surface area contributed by atoms with Crippen LogP contribution < -0.4 is 4.74 Å². The average Bonchev–Trinajstić information content (AvgIpc) is 3.53. The van der Waals surface area contributed by atoms with Gasteiger partial charge in [-0.05, 0) is 64.0 Å². The summed E-state index contributed by atoms with van der Waals surface area (Å²) in [6, 6.07) is 5.85. The van der Waals surface area contributed by atoms with Crippen molar-refractivity contribution in [2.45, 2.75) is 39.0 Å². The second kappa shape index (κ2) is 9.67. The quantitative estimate of drug-likeness (QED) is 0.348. The Bertz CT molecular complexity index is 1350. The summed E-state index contributed by atoms with van der Waals surface area (Å²) in [5, 5.41) is 9.59. The summed E-state index contributed by atoms with van der Waals surface area (Å²) >= 11 is 12.6. The van der Waals surface area contributed by atoms with Gasteiger partial charge in [-0.25, -0.2) is 4.98 Å². The molecule has 36 heavy (non-hydrogen) atoms. The van der Waals surface area contributed by atoms with Crippen LogP contribution in [0.1, 0.15) is 42.8 Å². The van der Waals surface area contributed by atoms with Gasteiger partial charge in [0.2, 0.25) is 0 Å². The molecule has 6 rings (SSSR count). The van der Waals surface area contributed by atoms with Crippen molar-refractivity contribution >= 4 is 34.1 Å². The lowest BCUT2D eigenvalue weighted by molar-refractivity contribution is 0.159. The lowest BCUT2D eigenvalue weighted by Gasteiger charge is -2.31. The molecule has 0 saturated carbocycles. The molecule has 0 radical (unpaired) electrons. The molecule has 0 amide bonds. The van der Waals surface area contributed by atoms with Crippen molar-refractivity contribution in [1.82, 2.24) is 34.9 Å². The highest BCUT2D eigenvalue weighted by atomic mass is 35.5. The van der Waals surface area contributed by atoms with E-state index >= 15 is 0 Å². The lowest BCUT2D eigenvalue weighted by Crippen LogP contribution is -2.35. The van der Waals surface area contributed by atoms with Crippen molar-refractivity contribution in [3.05, 3.63) is 57.6 Å². The molecule has 1 aromatic carbocycles. The topological polar surface area (TPSA) is 86.0 Å². The molecule has 2 N–H and O–H groups in total. The molecule has 10 heteroatoms. The summed E-state index contributed by atoms with van der Waals surface area (Å²) in [7, 11) is 2.21. The number of hydrogen-bond acceptors (Lipinski definition) is 6. The second-order valence-electron chi connectivity index (χ2n) is 9.98. The smallest absolute Gasteiger partial charge is 0.159 e. The van der Waals surface area contributed by atoms with Crippen molar-refractivity contribution in [1.29, 1.82) is 0 Å². The zero-order valence-corrected chi connectivity index (χ0v) is 21.9. The van der Waals surface area contributed by atoms with E-state index in [2.05, 4.69) is 37.0 Å². The number of piperidine rings is 1. The Kier molecular flexibility index (Phi) is 6.37. The minimum Gasteiger partial charge on any atom is -0.486 e. The largest absolute Gasteiger partial charge is 0.486 e. The third kappa shape index (κ3) is 4.59. The number of aromatic amines is 2. The fraction of sp³-hybridized carbons (Fsp3) is 0.423. The third-order valence-electron chi connectivity index (χ3n) is 7.34. The van der Waals surface area contributed by atoms with E-state index < -0.39 is 0 Å². The Hall–Kier alpha value is -2.65. The van der Waals surface area contributed by atoms with Crippen LogP contribution in [0.2, 0.25) is 10.0 Å². The normalized spacial score (nSPS) is 18.1. The van der Waals surface area contributed by atoms with Crippen molar-refractivity contribution in [2.24, 2.45) is 5.92 Å². The number of aromatic nitrogens is 5. The molecule has 1 atom stereocenters. The van der Waals surface area contributed by atoms with Gasteiger partial charge in [-0.3, -0.25) is 15.0 Å². The van der Waals surface area contributed by atoms with Crippen molar-refractivity contribution < 1.29 is 4.74 Å². The Morgan fingerprint density at radius 3 is 2.67 bits per heavy atom. The molecule has 0 bridgehead atoms. The van der Waals surface area contributed by atoms with Gasteiger partial charge in [0.25, 0.3) is 0 Å². The number of rotatable bonds is 6. The molecule has 2 aliphatic rings. The molecule has 8 nitrogen and oxygen atoms in total. The average molecular weight is 526 g/mol. The van der Waals surface area contributed by atoms with E-state index in [1.54, 1.807) is 12.4 Å². The van der Waals surface area contributed by atoms with Crippen LogP contribution in [0.3, 0.4) is 0 Å². The number of halogens is 2. The minimum absolute atomic E-state index is 0.344. The van der Waals surface area contributed by atoms with E-state index in [1.165, 1.54) is 31.6 Å². The predicted octanol–water partition coefficient (Wildman–Crippen LogP) is 5.45. The molecule has 3 aromatic heterocycles. The summed E-state index contributed by atoms with van der Waals surface area (Å²) in [6.07, 6.45) is 5.36. The summed E-state index contributed by atoms with van der Waals surface area (Å²) in [5.74, 6) is 2.26. The number of imidazole rings is 1. The van der Waals surface area contributed by atoms with Crippen molar-refractivity contribution in [3.63, 3.8) is 0 Å². The van der Waals surface area contributed by atoms with Gasteiger partial charge in [-0.2, -0.15) is 5.10 Å². The maximum Gasteiger partial charge on any atom is 0.159 e. The van der Waals surface area contributed by atoms with Crippen molar-refractivity contribution in [3.8, 4) is 17.3 Å². The minimum atomic E-state index is -0.344. The van der Waals surface area contributed by atoms with Crippen LogP contribution in [0.4, 0.5) is 0 Å². The van der Waals surface area contributed by atoms with Gasteiger partial charge in [0.05, 0.1) is 26.9 Å². The van der Waals surface area contributed by atoms with E-state index in [-0.39, 0.29) is 6.10 Å². The van der Waals surface area contributed by atoms with Crippen molar-refractivity contribution in [2.75, 3.05) is 26.7 Å². The molecule has 0 spiro atoms. The third-order valence-corrected chi connectivity index (χ3v) is 7.94. The Balaban J connectivity index is 1.18. The van der Waals surface area contributed by atoms with Gasteiger partial charge in [0, 0.05) is 43.0 Å². The van der Waals surface area contributed by atoms with Crippen LogP contribution in [0, 0.1) is 5.92 Å². The highest BCUT2D eigenvalue weighted by Gasteiger charge is 2.28. The molecule has 1 unspecified atom stereocenters. The lowest BCUT2D eigenvalue weighted by atomic mass is 9.97. The van der Waals surface area contributed by atoms with Crippen LogP contribution >= 0.6 is 23.2 Å². The molecule has 1 saturated heterocycles. The highest BCUT2D eigenvalue weighted by Crippen LogP contribution is 2.35. The molecule has 188 valence electrons. The van der Waals surface area contributed by atoms with E-state index in [1.807, 2.05) is 25.1 Å². The second-order valence-corrected chi connectivity index (χ2v) is 10.8. The van der Waals surface area contributed by atoms with Crippen LogP contribution in [-0.4, -0.2) is 61.6 Å². The first kappa shape index (κ1) is 23.7. The van der Waals surface area contributed by atoms with Gasteiger partial charge in [0.1, 0.15) is 17.5 Å². The molecule has 2 aliphatic heterocycles. The number of H-pyrrole nitrogens is 2. The Morgan fingerprint density at radius 1 is 1.14 bits per heavy atom. The van der Waals surface area contributed by atoms with E-state index in [4.69, 9.17) is 32.9 Å². The summed E-state index contributed by atoms with van der Waals surface area (Å²) < 4.78 is 6.21.